The molecule has 1 aromatic rings. The van der Waals surface area contributed by atoms with Crippen molar-refractivity contribution in [3.8, 4) is 0 Å². The Morgan fingerprint density at radius 1 is 0.706 bits per heavy atom. The SMILES string of the molecule is CCCCCCCCCCCCCCCCCC(=O)[N+](C)(C)C.Cc1ccc(S(=O)(=O)[O-])cc1. The molecule has 1 rings (SSSR count). The van der Waals surface area contributed by atoms with Gasteiger partial charge in [-0.1, -0.05) is 115 Å². The molecule has 1 amide bonds. The first kappa shape index (κ1) is 32.8. The van der Waals surface area contributed by atoms with E-state index in [1.54, 1.807) is 12.1 Å². The van der Waals surface area contributed by atoms with Gasteiger partial charge in [0.25, 0.3) is 0 Å². The van der Waals surface area contributed by atoms with Crippen LogP contribution in [0.15, 0.2) is 29.2 Å². The molecule has 0 aliphatic heterocycles. The monoisotopic (exact) mass is 497 g/mol. The van der Waals surface area contributed by atoms with Crippen LogP contribution in [0.2, 0.25) is 0 Å². The molecular weight excluding hydrogens is 446 g/mol. The van der Waals surface area contributed by atoms with Crippen LogP contribution >= 0.6 is 0 Å². The zero-order chi connectivity index (χ0) is 25.9. The zero-order valence-corrected chi connectivity index (χ0v) is 23.4. The van der Waals surface area contributed by atoms with Gasteiger partial charge in [-0.3, -0.25) is 4.48 Å². The maximum atomic E-state index is 11.8. The first-order chi connectivity index (χ1) is 16.0. The van der Waals surface area contributed by atoms with Crippen molar-refractivity contribution in [1.29, 1.82) is 0 Å². The molecule has 0 heterocycles. The maximum Gasteiger partial charge on any atom is 0.313 e. The molecule has 0 aromatic heterocycles. The van der Waals surface area contributed by atoms with Crippen LogP contribution in [0.25, 0.3) is 0 Å². The largest absolute Gasteiger partial charge is 0.744 e. The summed E-state index contributed by atoms with van der Waals surface area (Å²) in [4.78, 5) is 11.6. The number of carbonyl (C=O) groups excluding carboxylic acids is 1. The number of hydrogen-bond acceptors (Lipinski definition) is 4. The quantitative estimate of drug-likeness (QED) is 0.128. The second-order valence-electron chi connectivity index (χ2n) is 10.4. The normalized spacial score (nSPS) is 11.7. The molecule has 0 aliphatic rings. The standard InChI is InChI=1S/C21H44NO.C7H8O3S/c1-5-6-7-8-9-10-11-12-13-14-15-16-17-18-19-20-21(23)22(2,3)4;1-6-2-4-7(5-3-6)11(8,9)10/h5-20H2,1-4H3;2-5H,1H3,(H,8,9,10)/q+1;/p-1. The molecule has 0 atom stereocenters. The summed E-state index contributed by atoms with van der Waals surface area (Å²) in [6, 6.07) is 5.78. The van der Waals surface area contributed by atoms with Crippen molar-refractivity contribution in [1.82, 2.24) is 0 Å². The van der Waals surface area contributed by atoms with E-state index in [0.717, 1.165) is 18.4 Å². The summed E-state index contributed by atoms with van der Waals surface area (Å²) >= 11 is 0. The molecule has 0 aliphatic carbocycles. The molecule has 0 spiro atoms. The fourth-order valence-electron chi connectivity index (χ4n) is 3.69. The Balaban J connectivity index is 0.000000818. The third kappa shape index (κ3) is 19.1. The number of hydrogen-bond donors (Lipinski definition) is 0. The van der Waals surface area contributed by atoms with Crippen LogP contribution in [-0.2, 0) is 14.9 Å². The third-order valence-electron chi connectivity index (χ3n) is 6.05. The van der Waals surface area contributed by atoms with E-state index in [1.807, 2.05) is 28.1 Å². The molecule has 0 N–H and O–H groups in total. The average molecular weight is 498 g/mol. The van der Waals surface area contributed by atoms with Crippen molar-refractivity contribution in [3.63, 3.8) is 0 Å². The lowest BCUT2D eigenvalue weighted by atomic mass is 10.0. The highest BCUT2D eigenvalue weighted by Gasteiger charge is 2.18. The molecule has 0 bridgehead atoms. The van der Waals surface area contributed by atoms with Crippen molar-refractivity contribution < 1.29 is 22.2 Å². The lowest BCUT2D eigenvalue weighted by Gasteiger charge is -2.20. The topological polar surface area (TPSA) is 74.3 Å². The number of rotatable bonds is 17. The molecule has 0 fully saturated rings. The Bertz CT molecular complexity index is 737. The van der Waals surface area contributed by atoms with Gasteiger partial charge in [-0.05, 0) is 25.5 Å². The Hall–Kier alpha value is -1.24. The summed E-state index contributed by atoms with van der Waals surface area (Å²) in [5.74, 6) is 0.361. The van der Waals surface area contributed by atoms with Gasteiger partial charge >= 0.3 is 5.91 Å². The molecule has 34 heavy (non-hydrogen) atoms. The van der Waals surface area contributed by atoms with E-state index in [1.165, 1.54) is 102 Å². The lowest BCUT2D eigenvalue weighted by molar-refractivity contribution is -0.792. The predicted octanol–water partition coefficient (Wildman–Crippen LogP) is 7.38. The van der Waals surface area contributed by atoms with E-state index in [0.29, 0.717) is 10.4 Å². The minimum atomic E-state index is -4.27. The van der Waals surface area contributed by atoms with Crippen LogP contribution in [-0.4, -0.2) is 44.5 Å². The number of nitrogens with zero attached hydrogens (tertiary/aromatic N) is 1. The van der Waals surface area contributed by atoms with E-state index < -0.39 is 10.1 Å². The number of quaternary nitrogens is 1. The van der Waals surface area contributed by atoms with Crippen LogP contribution in [0.4, 0.5) is 0 Å². The highest BCUT2D eigenvalue weighted by molar-refractivity contribution is 7.85. The third-order valence-corrected chi connectivity index (χ3v) is 6.90. The molecular formula is C28H51NO4S. The molecule has 198 valence electrons. The molecule has 1 aromatic carbocycles. The minimum Gasteiger partial charge on any atom is -0.744 e. The summed E-state index contributed by atoms with van der Waals surface area (Å²) in [5, 5.41) is 0. The van der Waals surface area contributed by atoms with Gasteiger partial charge in [-0.2, -0.15) is 0 Å². The molecule has 0 saturated heterocycles. The van der Waals surface area contributed by atoms with Crippen LogP contribution in [0.1, 0.15) is 115 Å². The van der Waals surface area contributed by atoms with Crippen molar-refractivity contribution >= 4 is 16.0 Å². The summed E-state index contributed by atoms with van der Waals surface area (Å²) in [6.07, 6.45) is 21.4. The molecule has 0 unspecified atom stereocenters. The van der Waals surface area contributed by atoms with Gasteiger partial charge in [0.15, 0.2) is 0 Å². The molecule has 5 nitrogen and oxygen atoms in total. The fraction of sp³-hybridized carbons (Fsp3) is 0.750. The van der Waals surface area contributed by atoms with Crippen molar-refractivity contribution in [3.05, 3.63) is 29.8 Å². The number of benzene rings is 1. The van der Waals surface area contributed by atoms with E-state index in [2.05, 4.69) is 6.92 Å². The van der Waals surface area contributed by atoms with Gasteiger partial charge in [0.05, 0.1) is 32.5 Å². The van der Waals surface area contributed by atoms with Gasteiger partial charge in [0, 0.05) is 0 Å². The highest BCUT2D eigenvalue weighted by atomic mass is 32.2. The Morgan fingerprint density at radius 3 is 1.38 bits per heavy atom. The van der Waals surface area contributed by atoms with Crippen molar-refractivity contribution in [2.75, 3.05) is 21.1 Å². The molecule has 0 radical (unpaired) electrons. The minimum absolute atomic E-state index is 0.178. The van der Waals surface area contributed by atoms with E-state index in [4.69, 9.17) is 0 Å². The smallest absolute Gasteiger partial charge is 0.313 e. The van der Waals surface area contributed by atoms with Gasteiger partial charge in [-0.25, -0.2) is 13.2 Å². The maximum absolute atomic E-state index is 11.8. The van der Waals surface area contributed by atoms with Crippen molar-refractivity contribution in [2.45, 2.75) is 121 Å². The van der Waals surface area contributed by atoms with Crippen LogP contribution in [0.3, 0.4) is 0 Å². The van der Waals surface area contributed by atoms with Crippen LogP contribution < -0.4 is 0 Å². The zero-order valence-electron chi connectivity index (χ0n) is 22.6. The summed E-state index contributed by atoms with van der Waals surface area (Å²) in [7, 11) is 1.63. The molecule has 0 saturated carbocycles. The van der Waals surface area contributed by atoms with Crippen LogP contribution in [0.5, 0.6) is 0 Å². The van der Waals surface area contributed by atoms with E-state index >= 15 is 0 Å². The van der Waals surface area contributed by atoms with E-state index in [9.17, 15) is 17.8 Å². The predicted molar refractivity (Wildman–Crippen MR) is 142 cm³/mol. The van der Waals surface area contributed by atoms with Crippen LogP contribution in [0, 0.1) is 6.92 Å². The van der Waals surface area contributed by atoms with Gasteiger partial charge in [0.2, 0.25) is 0 Å². The fourth-order valence-corrected chi connectivity index (χ4v) is 4.16. The van der Waals surface area contributed by atoms with Gasteiger partial charge in [0.1, 0.15) is 10.1 Å². The number of unbranched alkanes of at least 4 members (excludes halogenated alkanes) is 14. The second-order valence-corrected chi connectivity index (χ2v) is 11.8. The molecule has 6 heteroatoms. The highest BCUT2D eigenvalue weighted by Crippen LogP contribution is 2.14. The Morgan fingerprint density at radius 2 is 1.06 bits per heavy atom. The number of amides is 1. The average Bonchev–Trinajstić information content (AvgIpc) is 2.75. The van der Waals surface area contributed by atoms with Gasteiger partial charge < -0.3 is 4.55 Å². The Kier molecular flexibility index (Phi) is 18.3. The first-order valence-electron chi connectivity index (χ1n) is 13.4. The number of aryl methyl sites for hydroxylation is 1. The first-order valence-corrected chi connectivity index (χ1v) is 14.8. The summed E-state index contributed by atoms with van der Waals surface area (Å²) < 4.78 is 31.6. The number of carbonyl (C=O) groups is 1. The Labute approximate surface area is 210 Å². The van der Waals surface area contributed by atoms with E-state index in [-0.39, 0.29) is 4.90 Å². The lowest BCUT2D eigenvalue weighted by Crippen LogP contribution is -2.40. The van der Waals surface area contributed by atoms with Gasteiger partial charge in [-0.15, -0.1) is 0 Å². The second kappa shape index (κ2) is 19.0. The summed E-state index contributed by atoms with van der Waals surface area (Å²) in [6.45, 7) is 4.10. The van der Waals surface area contributed by atoms with Crippen molar-refractivity contribution in [2.24, 2.45) is 0 Å². The summed E-state index contributed by atoms with van der Waals surface area (Å²) in [5.41, 5.74) is 0.928.